The van der Waals surface area contributed by atoms with Gasteiger partial charge in [0.05, 0.1) is 20.3 Å². The average molecular weight is 268 g/mol. The Hall–Kier alpha value is -1.79. The number of carbonyl (C=O) groups is 1. The lowest BCUT2D eigenvalue weighted by Crippen LogP contribution is -2.30. The number of anilines is 1. The van der Waals surface area contributed by atoms with Gasteiger partial charge in [-0.1, -0.05) is 0 Å². The average Bonchev–Trinajstić information content (AvgIpc) is 2.43. The molecule has 0 unspecified atom stereocenters. The highest BCUT2D eigenvalue weighted by molar-refractivity contribution is 5.89. The fourth-order valence-electron chi connectivity index (χ4n) is 1.39. The molecule has 0 aliphatic rings. The Labute approximate surface area is 112 Å². The maximum atomic E-state index is 11.5. The second-order valence-electron chi connectivity index (χ2n) is 3.80. The van der Waals surface area contributed by atoms with Gasteiger partial charge in [-0.2, -0.15) is 0 Å². The van der Waals surface area contributed by atoms with Gasteiger partial charge >= 0.3 is 6.03 Å². The zero-order valence-electron chi connectivity index (χ0n) is 11.0. The van der Waals surface area contributed by atoms with Crippen molar-refractivity contribution in [1.29, 1.82) is 0 Å². The highest BCUT2D eigenvalue weighted by Gasteiger charge is 2.00. The van der Waals surface area contributed by atoms with Gasteiger partial charge < -0.3 is 25.2 Å². The van der Waals surface area contributed by atoms with Crippen LogP contribution in [0.25, 0.3) is 0 Å². The highest BCUT2D eigenvalue weighted by Crippen LogP contribution is 2.14. The fraction of sp³-hybridized carbons (Fsp3) is 0.462. The summed E-state index contributed by atoms with van der Waals surface area (Å²) in [5, 5.41) is 13.9. The number of urea groups is 1. The van der Waals surface area contributed by atoms with Gasteiger partial charge in [0.1, 0.15) is 5.75 Å². The number of hydrogen-bond acceptors (Lipinski definition) is 4. The van der Waals surface area contributed by atoms with Crippen molar-refractivity contribution in [2.45, 2.75) is 6.42 Å². The van der Waals surface area contributed by atoms with Crippen LogP contribution in [-0.2, 0) is 4.74 Å². The molecule has 0 bridgehead atoms. The number of hydrogen-bond donors (Lipinski definition) is 3. The van der Waals surface area contributed by atoms with E-state index in [1.54, 1.807) is 31.4 Å². The molecule has 1 aromatic rings. The molecule has 0 spiro atoms. The third-order valence-electron chi connectivity index (χ3n) is 2.33. The van der Waals surface area contributed by atoms with Crippen LogP contribution in [0, 0.1) is 0 Å². The van der Waals surface area contributed by atoms with E-state index in [-0.39, 0.29) is 12.6 Å². The molecule has 0 heterocycles. The summed E-state index contributed by atoms with van der Waals surface area (Å²) in [6.45, 7) is 1.39. The first kappa shape index (κ1) is 15.3. The van der Waals surface area contributed by atoms with Gasteiger partial charge in [0.15, 0.2) is 0 Å². The van der Waals surface area contributed by atoms with Crippen LogP contribution in [0.4, 0.5) is 10.5 Å². The normalized spacial score (nSPS) is 10.0. The molecule has 0 saturated heterocycles. The molecular weight excluding hydrogens is 248 g/mol. The van der Waals surface area contributed by atoms with Crippen molar-refractivity contribution >= 4 is 11.7 Å². The third-order valence-corrected chi connectivity index (χ3v) is 2.33. The van der Waals surface area contributed by atoms with Gasteiger partial charge in [-0.05, 0) is 30.7 Å². The highest BCUT2D eigenvalue weighted by atomic mass is 16.5. The SMILES string of the molecule is COc1ccc(NC(=O)NCCCOCCO)cc1. The van der Waals surface area contributed by atoms with Crippen LogP contribution < -0.4 is 15.4 Å². The zero-order valence-corrected chi connectivity index (χ0v) is 11.0. The molecule has 6 nitrogen and oxygen atoms in total. The van der Waals surface area contributed by atoms with Crippen LogP contribution in [0.3, 0.4) is 0 Å². The predicted molar refractivity (Wildman–Crippen MR) is 72.5 cm³/mol. The first-order chi connectivity index (χ1) is 9.26. The molecule has 2 amide bonds. The first-order valence-electron chi connectivity index (χ1n) is 6.13. The van der Waals surface area contributed by atoms with E-state index in [0.717, 1.165) is 5.75 Å². The van der Waals surface area contributed by atoms with Crippen LogP contribution >= 0.6 is 0 Å². The maximum Gasteiger partial charge on any atom is 0.319 e. The molecule has 19 heavy (non-hydrogen) atoms. The minimum Gasteiger partial charge on any atom is -0.497 e. The summed E-state index contributed by atoms with van der Waals surface area (Å²) in [7, 11) is 1.59. The molecule has 1 aromatic carbocycles. The van der Waals surface area contributed by atoms with Crippen molar-refractivity contribution < 1.29 is 19.4 Å². The largest absolute Gasteiger partial charge is 0.497 e. The summed E-state index contributed by atoms with van der Waals surface area (Å²) in [6.07, 6.45) is 0.704. The molecule has 0 aliphatic heterocycles. The number of carbonyl (C=O) groups excluding carboxylic acids is 1. The molecule has 0 atom stereocenters. The molecule has 0 saturated carbocycles. The van der Waals surface area contributed by atoms with Gasteiger partial charge in [-0.15, -0.1) is 0 Å². The summed E-state index contributed by atoms with van der Waals surface area (Å²) in [4.78, 5) is 11.5. The lowest BCUT2D eigenvalue weighted by atomic mass is 10.3. The van der Waals surface area contributed by atoms with Crippen molar-refractivity contribution in [2.75, 3.05) is 38.8 Å². The fourth-order valence-corrected chi connectivity index (χ4v) is 1.39. The van der Waals surface area contributed by atoms with Crippen molar-refractivity contribution in [2.24, 2.45) is 0 Å². The number of nitrogens with one attached hydrogen (secondary N) is 2. The number of aliphatic hydroxyl groups excluding tert-OH is 1. The number of rotatable bonds is 8. The Morgan fingerprint density at radius 2 is 2.00 bits per heavy atom. The van der Waals surface area contributed by atoms with E-state index < -0.39 is 0 Å². The smallest absolute Gasteiger partial charge is 0.319 e. The minimum atomic E-state index is -0.257. The first-order valence-corrected chi connectivity index (χ1v) is 6.13. The Kier molecular flexibility index (Phi) is 7.38. The van der Waals surface area contributed by atoms with E-state index in [4.69, 9.17) is 14.6 Å². The number of ether oxygens (including phenoxy) is 2. The van der Waals surface area contributed by atoms with E-state index >= 15 is 0 Å². The molecule has 1 rings (SSSR count). The minimum absolute atomic E-state index is 0.0192. The van der Waals surface area contributed by atoms with Crippen LogP contribution in [0.2, 0.25) is 0 Å². The van der Waals surface area contributed by atoms with E-state index in [9.17, 15) is 4.79 Å². The number of benzene rings is 1. The summed E-state index contributed by atoms with van der Waals surface area (Å²) in [5.74, 6) is 0.743. The van der Waals surface area contributed by atoms with E-state index in [0.29, 0.717) is 31.9 Å². The van der Waals surface area contributed by atoms with Gasteiger partial charge in [-0.3, -0.25) is 0 Å². The summed E-state index contributed by atoms with van der Waals surface area (Å²) in [6, 6.07) is 6.83. The Bertz CT molecular complexity index is 367. The molecule has 0 aliphatic carbocycles. The third kappa shape index (κ3) is 6.64. The molecule has 6 heteroatoms. The number of aliphatic hydroxyl groups is 1. The monoisotopic (exact) mass is 268 g/mol. The van der Waals surface area contributed by atoms with Crippen LogP contribution in [0.5, 0.6) is 5.75 Å². The topological polar surface area (TPSA) is 79.8 Å². The van der Waals surface area contributed by atoms with E-state index in [1.807, 2.05) is 0 Å². The van der Waals surface area contributed by atoms with Gasteiger partial charge in [-0.25, -0.2) is 4.79 Å². The molecule has 106 valence electrons. The van der Waals surface area contributed by atoms with Gasteiger partial charge in [0, 0.05) is 18.8 Å². The van der Waals surface area contributed by atoms with E-state index in [1.165, 1.54) is 0 Å². The van der Waals surface area contributed by atoms with E-state index in [2.05, 4.69) is 10.6 Å². The second kappa shape index (κ2) is 9.18. The molecule has 0 aromatic heterocycles. The number of methoxy groups -OCH3 is 1. The molecular formula is C13H20N2O4. The lowest BCUT2D eigenvalue weighted by molar-refractivity contribution is 0.0910. The maximum absolute atomic E-state index is 11.5. The second-order valence-corrected chi connectivity index (χ2v) is 3.80. The Morgan fingerprint density at radius 1 is 1.26 bits per heavy atom. The molecule has 3 N–H and O–H groups in total. The zero-order chi connectivity index (χ0) is 13.9. The molecule has 0 radical (unpaired) electrons. The Morgan fingerprint density at radius 3 is 2.63 bits per heavy atom. The van der Waals surface area contributed by atoms with Gasteiger partial charge in [0.2, 0.25) is 0 Å². The molecule has 0 fully saturated rings. The van der Waals surface area contributed by atoms with Crippen molar-refractivity contribution in [3.05, 3.63) is 24.3 Å². The van der Waals surface area contributed by atoms with Crippen molar-refractivity contribution in [3.63, 3.8) is 0 Å². The predicted octanol–water partition coefficient (Wildman–Crippen LogP) is 1.22. The standard InChI is InChI=1S/C13H20N2O4/c1-18-12-5-3-11(4-6-12)15-13(17)14-7-2-9-19-10-8-16/h3-6,16H,2,7-10H2,1H3,(H2,14,15,17). The van der Waals surface area contributed by atoms with Crippen LogP contribution in [0.15, 0.2) is 24.3 Å². The Balaban J connectivity index is 2.16. The van der Waals surface area contributed by atoms with Crippen LogP contribution in [0.1, 0.15) is 6.42 Å². The summed E-state index contributed by atoms with van der Waals surface area (Å²) in [5.41, 5.74) is 0.704. The van der Waals surface area contributed by atoms with Crippen molar-refractivity contribution in [3.8, 4) is 5.75 Å². The van der Waals surface area contributed by atoms with Crippen LogP contribution in [-0.4, -0.2) is 44.6 Å². The number of amides is 2. The van der Waals surface area contributed by atoms with Gasteiger partial charge in [0.25, 0.3) is 0 Å². The summed E-state index contributed by atoms with van der Waals surface area (Å²) >= 11 is 0. The lowest BCUT2D eigenvalue weighted by Gasteiger charge is -2.08. The quantitative estimate of drug-likeness (QED) is 0.619. The summed E-state index contributed by atoms with van der Waals surface area (Å²) < 4.78 is 10.1. The van der Waals surface area contributed by atoms with Crippen molar-refractivity contribution in [1.82, 2.24) is 5.32 Å².